The molecule has 0 fully saturated rings. The fourth-order valence-corrected chi connectivity index (χ4v) is 6.95. The molecule has 0 unspecified atom stereocenters. The molecule has 31 heavy (non-hydrogen) atoms. The number of fused-ring (bicyclic) bond motifs is 7. The summed E-state index contributed by atoms with van der Waals surface area (Å²) in [5, 5.41) is 8.24. The van der Waals surface area contributed by atoms with Crippen LogP contribution in [0.2, 0.25) is 0 Å². The predicted molar refractivity (Wildman–Crippen MR) is 134 cm³/mol. The Morgan fingerprint density at radius 1 is 0.806 bits per heavy atom. The normalized spacial score (nSPS) is 12.8. The molecule has 150 valence electrons. The van der Waals surface area contributed by atoms with Gasteiger partial charge >= 0.3 is 0 Å². The first kappa shape index (κ1) is 17.5. The predicted octanol–water partition coefficient (Wildman–Crippen LogP) is 7.46. The maximum absolute atomic E-state index is 2.58. The molecule has 0 saturated carbocycles. The fourth-order valence-electron chi connectivity index (χ4n) is 5.76. The average molecular weight is 420 g/mol. The number of para-hydroxylation sites is 1. The van der Waals surface area contributed by atoms with E-state index in [2.05, 4.69) is 97.6 Å². The van der Waals surface area contributed by atoms with E-state index in [4.69, 9.17) is 0 Å². The summed E-state index contributed by atoms with van der Waals surface area (Å²) in [6, 6.07) is 20.2. The molecular weight excluding hydrogens is 396 g/mol. The van der Waals surface area contributed by atoms with Crippen LogP contribution >= 0.6 is 11.3 Å². The highest BCUT2D eigenvalue weighted by atomic mass is 32.1. The van der Waals surface area contributed by atoms with Crippen molar-refractivity contribution in [1.82, 2.24) is 4.40 Å². The van der Waals surface area contributed by atoms with Crippen molar-refractivity contribution >= 4 is 70.4 Å². The lowest BCUT2D eigenvalue weighted by Crippen LogP contribution is -2.28. The van der Waals surface area contributed by atoms with Crippen LogP contribution in [0.5, 0.6) is 0 Å². The Balaban J connectivity index is 2.02. The van der Waals surface area contributed by atoms with E-state index in [0.29, 0.717) is 5.92 Å². The number of nitrogens with zero attached hydrogens (tertiary/aromatic N) is 2. The van der Waals surface area contributed by atoms with Crippen molar-refractivity contribution in [1.29, 1.82) is 0 Å². The van der Waals surface area contributed by atoms with Crippen LogP contribution in [-0.2, 0) is 7.05 Å². The lowest BCUT2D eigenvalue weighted by Gasteiger charge is -2.13. The zero-order valence-corrected chi connectivity index (χ0v) is 19.0. The van der Waals surface area contributed by atoms with E-state index in [1.54, 1.807) is 0 Å². The van der Waals surface area contributed by atoms with Gasteiger partial charge in [0.15, 0.2) is 6.20 Å². The van der Waals surface area contributed by atoms with Crippen molar-refractivity contribution in [3.8, 4) is 0 Å². The summed E-state index contributed by atoms with van der Waals surface area (Å²) in [6.45, 7) is 6.95. The average Bonchev–Trinajstić information content (AvgIpc) is 3.32. The minimum Gasteiger partial charge on any atom is -0.306 e. The summed E-state index contributed by atoms with van der Waals surface area (Å²) in [5.74, 6) is 0.477. The van der Waals surface area contributed by atoms with Crippen molar-refractivity contribution in [3.63, 3.8) is 0 Å². The van der Waals surface area contributed by atoms with Gasteiger partial charge in [-0.2, -0.15) is 0 Å². The molecule has 4 aromatic heterocycles. The zero-order valence-electron chi connectivity index (χ0n) is 18.2. The maximum Gasteiger partial charge on any atom is 0.225 e. The highest BCUT2D eigenvalue weighted by Crippen LogP contribution is 2.48. The summed E-state index contributed by atoms with van der Waals surface area (Å²) < 4.78 is 6.30. The monoisotopic (exact) mass is 419 g/mol. The Kier molecular flexibility index (Phi) is 3.24. The van der Waals surface area contributed by atoms with Gasteiger partial charge < -0.3 is 4.40 Å². The lowest BCUT2D eigenvalue weighted by atomic mass is 9.94. The highest BCUT2D eigenvalue weighted by molar-refractivity contribution is 7.20. The molecule has 0 bridgehead atoms. The first-order valence-electron chi connectivity index (χ1n) is 11.0. The van der Waals surface area contributed by atoms with Crippen LogP contribution in [0.3, 0.4) is 0 Å². The Morgan fingerprint density at radius 2 is 1.52 bits per heavy atom. The Labute approximate surface area is 184 Å². The van der Waals surface area contributed by atoms with Gasteiger partial charge in [-0.1, -0.05) is 56.3 Å². The largest absolute Gasteiger partial charge is 0.306 e. The topological polar surface area (TPSA) is 8.29 Å². The first-order valence-corrected chi connectivity index (χ1v) is 11.8. The molecule has 0 aliphatic carbocycles. The van der Waals surface area contributed by atoms with Gasteiger partial charge in [-0.25, -0.2) is 4.57 Å². The number of aromatic nitrogens is 2. The van der Waals surface area contributed by atoms with Crippen LogP contribution in [0.25, 0.3) is 59.1 Å². The highest BCUT2D eigenvalue weighted by Gasteiger charge is 2.28. The summed E-state index contributed by atoms with van der Waals surface area (Å²) in [5.41, 5.74) is 6.81. The van der Waals surface area contributed by atoms with E-state index in [0.717, 1.165) is 0 Å². The smallest absolute Gasteiger partial charge is 0.225 e. The van der Waals surface area contributed by atoms with Gasteiger partial charge in [-0.05, 0) is 35.2 Å². The molecular formula is C28H23N2S+. The van der Waals surface area contributed by atoms with E-state index in [1.165, 1.54) is 69.5 Å². The third kappa shape index (κ3) is 1.96. The van der Waals surface area contributed by atoms with Crippen molar-refractivity contribution in [3.05, 3.63) is 71.2 Å². The number of thiophene rings is 1. The molecule has 0 aliphatic rings. The summed E-state index contributed by atoms with van der Waals surface area (Å²) in [4.78, 5) is 1.47. The van der Waals surface area contributed by atoms with E-state index in [-0.39, 0.29) is 0 Å². The quantitative estimate of drug-likeness (QED) is 0.148. The van der Waals surface area contributed by atoms with E-state index in [9.17, 15) is 0 Å². The molecule has 3 aromatic carbocycles. The van der Waals surface area contributed by atoms with E-state index < -0.39 is 0 Å². The Bertz CT molecular complexity index is 1830. The van der Waals surface area contributed by atoms with Crippen molar-refractivity contribution in [2.45, 2.75) is 26.7 Å². The van der Waals surface area contributed by atoms with E-state index in [1.807, 2.05) is 11.3 Å². The van der Waals surface area contributed by atoms with Crippen LogP contribution in [-0.4, -0.2) is 4.40 Å². The molecule has 0 saturated heterocycles. The maximum atomic E-state index is 2.58. The third-order valence-corrected chi connectivity index (χ3v) is 8.49. The van der Waals surface area contributed by atoms with Gasteiger partial charge in [0.05, 0.1) is 27.3 Å². The van der Waals surface area contributed by atoms with Crippen LogP contribution < -0.4 is 4.57 Å². The van der Waals surface area contributed by atoms with E-state index >= 15 is 0 Å². The van der Waals surface area contributed by atoms with Gasteiger partial charge in [-0.15, -0.1) is 11.3 Å². The molecule has 0 amide bonds. The summed E-state index contributed by atoms with van der Waals surface area (Å²) in [6.07, 6.45) is 2.24. The molecule has 0 spiro atoms. The van der Waals surface area contributed by atoms with Crippen LogP contribution in [0.1, 0.15) is 30.2 Å². The molecule has 0 N–H and O–H groups in total. The molecule has 0 aliphatic heterocycles. The molecule has 0 atom stereocenters. The zero-order chi connectivity index (χ0) is 21.0. The van der Waals surface area contributed by atoms with Gasteiger partial charge in [-0.3, -0.25) is 0 Å². The number of hydrogen-bond donors (Lipinski definition) is 0. The second-order valence-electron chi connectivity index (χ2n) is 9.11. The van der Waals surface area contributed by atoms with Gasteiger partial charge in [0.25, 0.3) is 0 Å². The second-order valence-corrected chi connectivity index (χ2v) is 10.2. The molecule has 7 aromatic rings. The number of rotatable bonds is 1. The fraction of sp³-hybridized carbons (Fsp3) is 0.179. The van der Waals surface area contributed by atoms with Crippen molar-refractivity contribution < 1.29 is 4.57 Å². The summed E-state index contributed by atoms with van der Waals surface area (Å²) in [7, 11) is 2.20. The van der Waals surface area contributed by atoms with Crippen LogP contribution in [0.4, 0.5) is 0 Å². The van der Waals surface area contributed by atoms with Crippen molar-refractivity contribution in [2.24, 2.45) is 7.05 Å². The SMILES string of the molecule is Cc1c2ccccc2c2c3ccccc3n3c4c(C(C)C)sc5cc[n+](C)c(c1c23)c54. The van der Waals surface area contributed by atoms with Crippen LogP contribution in [0, 0.1) is 6.92 Å². The molecule has 3 heteroatoms. The molecule has 7 rings (SSSR count). The Hall–Kier alpha value is -3.17. The standard InChI is InChI=1S/C28H23N2S/c1-15(2)28-27-24-21(31-28)13-14-29(4)25(24)22-16(3)17-9-5-6-10-18(17)23-19-11-7-8-12-20(19)30(27)26(22)23/h5-15H,1-4H3/q+1. The van der Waals surface area contributed by atoms with Gasteiger partial charge in [0.2, 0.25) is 5.52 Å². The number of pyridine rings is 2. The number of aryl methyl sites for hydroxylation is 2. The molecule has 2 nitrogen and oxygen atoms in total. The Morgan fingerprint density at radius 3 is 2.29 bits per heavy atom. The summed E-state index contributed by atoms with van der Waals surface area (Å²) >= 11 is 1.96. The van der Waals surface area contributed by atoms with Crippen molar-refractivity contribution in [2.75, 3.05) is 0 Å². The third-order valence-electron chi connectivity index (χ3n) is 7.05. The number of benzene rings is 3. The van der Waals surface area contributed by atoms with Gasteiger partial charge in [0.1, 0.15) is 7.05 Å². The molecule has 0 radical (unpaired) electrons. The minimum atomic E-state index is 0.477. The molecule has 4 heterocycles. The minimum absolute atomic E-state index is 0.477. The van der Waals surface area contributed by atoms with Gasteiger partial charge in [0, 0.05) is 26.4 Å². The first-order chi connectivity index (χ1) is 15.1. The second kappa shape index (κ2) is 5.74. The number of hydrogen-bond acceptors (Lipinski definition) is 1. The van der Waals surface area contributed by atoms with Crippen LogP contribution in [0.15, 0.2) is 60.8 Å². The lowest BCUT2D eigenvalue weighted by molar-refractivity contribution is -0.643.